The second-order valence-corrected chi connectivity index (χ2v) is 10.7. The average Bonchev–Trinajstić information content (AvgIpc) is 2.85. The third kappa shape index (κ3) is 10.1. The number of aliphatic hydroxyl groups is 1. The van der Waals surface area contributed by atoms with Crippen molar-refractivity contribution in [1.82, 2.24) is 10.6 Å². The Morgan fingerprint density at radius 2 is 1.92 bits per heavy atom. The number of Topliss-reactive ketones (excluding diaryl/α,β-unsaturated/α-hetero) is 2. The van der Waals surface area contributed by atoms with Crippen LogP contribution >= 0.6 is 0 Å². The highest BCUT2D eigenvalue weighted by molar-refractivity contribution is 5.94. The zero-order valence-electron chi connectivity index (χ0n) is 22.3. The number of aliphatic hydroxyl groups excluding tert-OH is 1. The van der Waals surface area contributed by atoms with Gasteiger partial charge in [0.1, 0.15) is 6.61 Å². The lowest BCUT2D eigenvalue weighted by molar-refractivity contribution is -0.138. The van der Waals surface area contributed by atoms with Crippen molar-refractivity contribution in [2.75, 3.05) is 19.8 Å². The summed E-state index contributed by atoms with van der Waals surface area (Å²) in [6.45, 7) is 6.50. The number of allylic oxidation sites excluding steroid dienone is 1. The van der Waals surface area contributed by atoms with Gasteiger partial charge in [-0.25, -0.2) is 0 Å². The molecule has 0 saturated carbocycles. The van der Waals surface area contributed by atoms with Crippen LogP contribution in [0.3, 0.4) is 0 Å². The number of carbonyl (C=O) groups excluding carboxylic acids is 4. The summed E-state index contributed by atoms with van der Waals surface area (Å²) in [5.41, 5.74) is 0. The monoisotopic (exact) mass is 506 g/mol. The predicted octanol–water partition coefficient (Wildman–Crippen LogP) is 3.11. The summed E-state index contributed by atoms with van der Waals surface area (Å²) >= 11 is 0. The summed E-state index contributed by atoms with van der Waals surface area (Å²) in [5, 5.41) is 15.4. The molecule has 2 amide bonds. The largest absolute Gasteiger partial charge is 0.389 e. The van der Waals surface area contributed by atoms with E-state index in [1.807, 2.05) is 26.8 Å². The first-order valence-corrected chi connectivity index (χ1v) is 13.8. The van der Waals surface area contributed by atoms with Crippen LogP contribution in [0.2, 0.25) is 0 Å². The van der Waals surface area contributed by atoms with Gasteiger partial charge in [0.25, 0.3) is 0 Å². The summed E-state index contributed by atoms with van der Waals surface area (Å²) in [6, 6.07) is -0.726. The van der Waals surface area contributed by atoms with Crippen LogP contribution in [-0.2, 0) is 23.9 Å². The number of rotatable bonds is 11. The molecule has 1 fully saturated rings. The minimum absolute atomic E-state index is 0.0122. The molecule has 36 heavy (non-hydrogen) atoms. The third-order valence-corrected chi connectivity index (χ3v) is 7.22. The van der Waals surface area contributed by atoms with Crippen LogP contribution < -0.4 is 10.6 Å². The van der Waals surface area contributed by atoms with E-state index in [0.29, 0.717) is 38.8 Å². The second kappa shape index (κ2) is 15.9. The molecule has 3 rings (SSSR count). The molecule has 1 unspecified atom stereocenters. The highest BCUT2D eigenvalue weighted by Crippen LogP contribution is 2.29. The molecule has 2 aliphatic heterocycles. The van der Waals surface area contributed by atoms with E-state index in [2.05, 4.69) is 16.7 Å². The standard InChI is InChI=1S/C28H46N2O6/c1-4-5-14-29-27(34)13-12-25(32)24-17-20-8-10-21(11-9-20)36-15-6-7-22(26(33)18-31)23(16-19(2)3)28(35)30-24/h8,10,19-24,31H,4-7,9,11-18H2,1-3H3,(H,29,34)(H,30,35)/t20?,21-,22-,23+,24-/m0/s1. The molecule has 2 heterocycles. The van der Waals surface area contributed by atoms with Gasteiger partial charge in [0, 0.05) is 37.8 Å². The van der Waals surface area contributed by atoms with Crippen molar-refractivity contribution in [2.24, 2.45) is 23.7 Å². The Kier molecular flexibility index (Phi) is 13.3. The summed E-state index contributed by atoms with van der Waals surface area (Å²) < 4.78 is 5.99. The van der Waals surface area contributed by atoms with Gasteiger partial charge in [-0.1, -0.05) is 39.3 Å². The van der Waals surface area contributed by atoms with Gasteiger partial charge in [0.05, 0.1) is 12.1 Å². The van der Waals surface area contributed by atoms with E-state index in [-0.39, 0.29) is 54.2 Å². The lowest BCUT2D eigenvalue weighted by Crippen LogP contribution is -2.48. The van der Waals surface area contributed by atoms with Crippen LogP contribution in [0.1, 0.15) is 85.0 Å². The maximum absolute atomic E-state index is 13.6. The molecule has 2 bridgehead atoms. The van der Waals surface area contributed by atoms with Gasteiger partial charge in [-0.15, -0.1) is 0 Å². The molecule has 0 radical (unpaired) electrons. The minimum atomic E-state index is -0.726. The first-order chi connectivity index (χ1) is 17.2. The van der Waals surface area contributed by atoms with Gasteiger partial charge in [0.15, 0.2) is 11.6 Å². The number of hydrogen-bond donors (Lipinski definition) is 3. The average molecular weight is 507 g/mol. The third-order valence-electron chi connectivity index (χ3n) is 7.22. The molecule has 204 valence electrons. The van der Waals surface area contributed by atoms with Crippen molar-refractivity contribution in [3.63, 3.8) is 0 Å². The molecular formula is C28H46N2O6. The molecule has 0 aromatic carbocycles. The Morgan fingerprint density at radius 1 is 1.14 bits per heavy atom. The number of carbonyl (C=O) groups is 4. The van der Waals surface area contributed by atoms with Gasteiger partial charge < -0.3 is 20.5 Å². The van der Waals surface area contributed by atoms with Crippen LogP contribution in [0.4, 0.5) is 0 Å². The second-order valence-electron chi connectivity index (χ2n) is 10.7. The Labute approximate surface area is 216 Å². The highest BCUT2D eigenvalue weighted by Gasteiger charge is 2.36. The molecule has 1 aliphatic carbocycles. The van der Waals surface area contributed by atoms with E-state index in [0.717, 1.165) is 25.7 Å². The van der Waals surface area contributed by atoms with Crippen molar-refractivity contribution in [3.05, 3.63) is 12.2 Å². The minimum Gasteiger partial charge on any atom is -0.389 e. The number of ether oxygens (including phenoxy) is 1. The topological polar surface area (TPSA) is 122 Å². The fourth-order valence-corrected chi connectivity index (χ4v) is 5.15. The molecule has 3 aliphatic rings. The van der Waals surface area contributed by atoms with Crippen LogP contribution in [0, 0.1) is 23.7 Å². The zero-order valence-corrected chi connectivity index (χ0v) is 22.3. The van der Waals surface area contributed by atoms with Gasteiger partial charge >= 0.3 is 0 Å². The van der Waals surface area contributed by atoms with Gasteiger partial charge in [-0.3, -0.25) is 19.2 Å². The summed E-state index contributed by atoms with van der Waals surface area (Å²) in [7, 11) is 0. The molecule has 0 aromatic heterocycles. The van der Waals surface area contributed by atoms with E-state index in [9.17, 15) is 24.3 Å². The van der Waals surface area contributed by atoms with E-state index < -0.39 is 24.5 Å². The molecule has 5 atom stereocenters. The molecule has 0 aromatic rings. The fraction of sp³-hybridized carbons (Fsp3) is 0.786. The molecular weight excluding hydrogens is 460 g/mol. The Morgan fingerprint density at radius 3 is 2.56 bits per heavy atom. The molecule has 3 N–H and O–H groups in total. The highest BCUT2D eigenvalue weighted by atomic mass is 16.5. The van der Waals surface area contributed by atoms with Crippen molar-refractivity contribution < 1.29 is 29.0 Å². The van der Waals surface area contributed by atoms with Gasteiger partial charge in [0.2, 0.25) is 11.8 Å². The van der Waals surface area contributed by atoms with E-state index in [1.54, 1.807) is 0 Å². The summed E-state index contributed by atoms with van der Waals surface area (Å²) in [6.07, 6.45) is 9.83. The molecule has 8 nitrogen and oxygen atoms in total. The molecule has 1 saturated heterocycles. The zero-order chi connectivity index (χ0) is 26.5. The normalized spacial score (nSPS) is 27.4. The first-order valence-electron chi connectivity index (χ1n) is 13.8. The first kappa shape index (κ1) is 30.2. The maximum atomic E-state index is 13.6. The molecule has 0 spiro atoms. The number of hydrogen-bond acceptors (Lipinski definition) is 6. The summed E-state index contributed by atoms with van der Waals surface area (Å²) in [5.74, 6) is -1.98. The van der Waals surface area contributed by atoms with Crippen molar-refractivity contribution in [2.45, 2.75) is 97.1 Å². The SMILES string of the molecule is CCCCNC(=O)CCC(=O)[C@@H]1CC2C=C[C@@H](CC2)OCCC[C@H](C(=O)CO)[C@@H](CC(C)C)C(=O)N1. The van der Waals surface area contributed by atoms with E-state index in [4.69, 9.17) is 4.74 Å². The van der Waals surface area contributed by atoms with Crippen molar-refractivity contribution in [1.29, 1.82) is 0 Å². The Balaban J connectivity index is 2.23. The van der Waals surface area contributed by atoms with Gasteiger partial charge in [-0.05, 0) is 56.8 Å². The van der Waals surface area contributed by atoms with E-state index >= 15 is 0 Å². The summed E-state index contributed by atoms with van der Waals surface area (Å²) in [4.78, 5) is 51.6. The van der Waals surface area contributed by atoms with Crippen LogP contribution in [0.5, 0.6) is 0 Å². The smallest absolute Gasteiger partial charge is 0.224 e. The lowest BCUT2D eigenvalue weighted by Gasteiger charge is -2.31. The maximum Gasteiger partial charge on any atom is 0.224 e. The van der Waals surface area contributed by atoms with Crippen LogP contribution in [-0.4, -0.2) is 60.4 Å². The lowest BCUT2D eigenvalue weighted by atomic mass is 9.79. The van der Waals surface area contributed by atoms with Crippen LogP contribution in [0.15, 0.2) is 12.2 Å². The Bertz CT molecular complexity index is 765. The number of unbranched alkanes of at least 4 members (excludes halogenated alkanes) is 1. The van der Waals surface area contributed by atoms with Gasteiger partial charge in [-0.2, -0.15) is 0 Å². The quantitative estimate of drug-likeness (QED) is 0.292. The van der Waals surface area contributed by atoms with Crippen molar-refractivity contribution >= 4 is 23.4 Å². The molecule has 8 heteroatoms. The fourth-order valence-electron chi connectivity index (χ4n) is 5.15. The van der Waals surface area contributed by atoms with Crippen LogP contribution in [0.25, 0.3) is 0 Å². The number of amides is 2. The Hall–Kier alpha value is -2.06. The number of fused-ring (bicyclic) bond motifs is 10. The van der Waals surface area contributed by atoms with E-state index in [1.165, 1.54) is 0 Å². The number of ketones is 2. The number of nitrogens with one attached hydrogen (secondary N) is 2. The predicted molar refractivity (Wildman–Crippen MR) is 138 cm³/mol. The van der Waals surface area contributed by atoms with Crippen molar-refractivity contribution in [3.8, 4) is 0 Å².